The zero-order chi connectivity index (χ0) is 10.5. The first kappa shape index (κ1) is 8.74. The van der Waals surface area contributed by atoms with Crippen molar-refractivity contribution in [3.8, 4) is 0 Å². The summed E-state index contributed by atoms with van der Waals surface area (Å²) in [6.07, 6.45) is 0. The molecule has 0 radical (unpaired) electrons. The normalized spacial score (nSPS) is 14.9. The summed E-state index contributed by atoms with van der Waals surface area (Å²) in [7, 11) is 0. The van der Waals surface area contributed by atoms with E-state index >= 15 is 0 Å². The molecule has 0 N–H and O–H groups in total. The Morgan fingerprint density at radius 2 is 1.29 bits per heavy atom. The number of rotatable bonds is 0. The highest BCUT2D eigenvalue weighted by molar-refractivity contribution is 6.39. The van der Waals surface area contributed by atoms with E-state index in [4.69, 9.17) is 0 Å². The van der Waals surface area contributed by atoms with Crippen molar-refractivity contribution in [1.29, 1.82) is 0 Å². The highest BCUT2D eigenvalue weighted by Crippen LogP contribution is 2.27. The molecule has 0 saturated heterocycles. The van der Waals surface area contributed by atoms with Gasteiger partial charge in [-0.05, 0) is 12.1 Å². The predicted molar refractivity (Wildman–Crippen MR) is 44.2 cm³/mol. The Hall–Kier alpha value is -1.84. The molecular weight excluding hydrogens is 190 g/mol. The average molecular weight is 194 g/mol. The van der Waals surface area contributed by atoms with Crippen molar-refractivity contribution in [3.63, 3.8) is 0 Å². The number of Topliss-reactive ketones (excluding diaryl/α,β-unsaturated/α-hetero) is 2. The summed E-state index contributed by atoms with van der Waals surface area (Å²) < 4.78 is 25.5. The lowest BCUT2D eigenvalue weighted by atomic mass is 10.1. The van der Waals surface area contributed by atoms with Crippen molar-refractivity contribution in [2.75, 3.05) is 0 Å². The van der Waals surface area contributed by atoms with E-state index in [1.165, 1.54) is 0 Å². The Balaban J connectivity index is 2.77. The molecule has 1 aliphatic carbocycles. The van der Waals surface area contributed by atoms with E-state index in [2.05, 4.69) is 6.58 Å². The van der Waals surface area contributed by atoms with Crippen LogP contribution in [-0.4, -0.2) is 11.6 Å². The van der Waals surface area contributed by atoms with Gasteiger partial charge in [-0.15, -0.1) is 0 Å². The first-order valence-electron chi connectivity index (χ1n) is 3.79. The number of allylic oxidation sites excluding steroid dienone is 1. The lowest BCUT2D eigenvalue weighted by Crippen LogP contribution is -1.97. The van der Waals surface area contributed by atoms with Crippen molar-refractivity contribution in [2.24, 2.45) is 0 Å². The summed E-state index contributed by atoms with van der Waals surface area (Å²) in [6, 6.07) is 1.45. The molecule has 0 heterocycles. The smallest absolute Gasteiger partial charge is 0.197 e. The number of ketones is 2. The number of hydrogen-bond donors (Lipinski definition) is 0. The van der Waals surface area contributed by atoms with Crippen LogP contribution in [0.1, 0.15) is 20.7 Å². The van der Waals surface area contributed by atoms with Gasteiger partial charge in [-0.2, -0.15) is 0 Å². The Morgan fingerprint density at radius 3 is 1.64 bits per heavy atom. The number of carbonyl (C=O) groups excluding carboxylic acids is 2. The first-order chi connectivity index (χ1) is 6.52. The molecule has 0 spiro atoms. The minimum absolute atomic E-state index is 0.112. The quantitative estimate of drug-likeness (QED) is 0.467. The second-order valence-corrected chi connectivity index (χ2v) is 2.95. The SMILES string of the molecule is C=C1C(=O)c2cc(F)c(F)cc2C1=O. The fourth-order valence-corrected chi connectivity index (χ4v) is 1.35. The Bertz CT molecular complexity index is 446. The minimum Gasteiger partial charge on any atom is -0.288 e. The van der Waals surface area contributed by atoms with Crippen LogP contribution < -0.4 is 0 Å². The minimum atomic E-state index is -1.14. The van der Waals surface area contributed by atoms with E-state index in [0.717, 1.165) is 12.1 Å². The van der Waals surface area contributed by atoms with E-state index in [1.54, 1.807) is 0 Å². The third-order valence-electron chi connectivity index (χ3n) is 2.10. The molecule has 1 aromatic carbocycles. The highest BCUT2D eigenvalue weighted by Gasteiger charge is 2.32. The maximum atomic E-state index is 12.7. The summed E-state index contributed by atoms with van der Waals surface area (Å²) in [5.41, 5.74) is -0.470. The maximum absolute atomic E-state index is 12.7. The van der Waals surface area contributed by atoms with Crippen LogP contribution in [0.4, 0.5) is 8.78 Å². The molecule has 0 aromatic heterocycles. The molecule has 4 heteroatoms. The van der Waals surface area contributed by atoms with Crippen LogP contribution in [0.5, 0.6) is 0 Å². The molecule has 1 aromatic rings. The van der Waals surface area contributed by atoms with Gasteiger partial charge in [0.25, 0.3) is 0 Å². The summed E-state index contributed by atoms with van der Waals surface area (Å²) in [4.78, 5) is 22.5. The highest BCUT2D eigenvalue weighted by atomic mass is 19.2. The van der Waals surface area contributed by atoms with E-state index in [9.17, 15) is 18.4 Å². The summed E-state index contributed by atoms with van der Waals surface area (Å²) >= 11 is 0. The van der Waals surface area contributed by atoms with Crippen molar-refractivity contribution >= 4 is 11.6 Å². The first-order valence-corrected chi connectivity index (χ1v) is 3.79. The molecule has 0 unspecified atom stereocenters. The Kier molecular flexibility index (Phi) is 1.61. The second kappa shape index (κ2) is 2.57. The van der Waals surface area contributed by atoms with Crippen LogP contribution in [0.25, 0.3) is 0 Å². The summed E-state index contributed by atoms with van der Waals surface area (Å²) in [6.45, 7) is 3.25. The third-order valence-corrected chi connectivity index (χ3v) is 2.10. The Labute approximate surface area is 77.8 Å². The van der Waals surface area contributed by atoms with Crippen molar-refractivity contribution in [3.05, 3.63) is 47.0 Å². The van der Waals surface area contributed by atoms with Crippen molar-refractivity contribution in [1.82, 2.24) is 0 Å². The molecule has 0 atom stereocenters. The van der Waals surface area contributed by atoms with Crippen molar-refractivity contribution < 1.29 is 18.4 Å². The molecule has 1 aliphatic rings. The fourth-order valence-electron chi connectivity index (χ4n) is 1.35. The largest absolute Gasteiger partial charge is 0.288 e. The molecule has 0 aliphatic heterocycles. The van der Waals surface area contributed by atoms with Crippen LogP contribution in [-0.2, 0) is 0 Å². The lowest BCUT2D eigenvalue weighted by Gasteiger charge is -1.96. The molecule has 0 bridgehead atoms. The molecule has 2 rings (SSSR count). The topological polar surface area (TPSA) is 34.1 Å². The zero-order valence-corrected chi connectivity index (χ0v) is 6.93. The van der Waals surface area contributed by atoms with Crippen LogP contribution in [0.3, 0.4) is 0 Å². The number of hydrogen-bond acceptors (Lipinski definition) is 2. The van der Waals surface area contributed by atoms with Crippen LogP contribution in [0.15, 0.2) is 24.3 Å². The van der Waals surface area contributed by atoms with Gasteiger partial charge in [0.15, 0.2) is 23.2 Å². The number of benzene rings is 1. The van der Waals surface area contributed by atoms with E-state index in [1.807, 2.05) is 0 Å². The van der Waals surface area contributed by atoms with Gasteiger partial charge in [-0.25, -0.2) is 8.78 Å². The van der Waals surface area contributed by atoms with Gasteiger partial charge < -0.3 is 0 Å². The molecule has 70 valence electrons. The lowest BCUT2D eigenvalue weighted by molar-refractivity contribution is 0.0989. The van der Waals surface area contributed by atoms with Gasteiger partial charge in [0.1, 0.15) is 0 Å². The monoisotopic (exact) mass is 194 g/mol. The van der Waals surface area contributed by atoms with Gasteiger partial charge in [0, 0.05) is 11.1 Å². The molecule has 0 fully saturated rings. The molecular formula is C10H4F2O2. The number of halogens is 2. The predicted octanol–water partition coefficient (Wildman–Crippen LogP) is 1.90. The molecule has 0 saturated carbocycles. The van der Waals surface area contributed by atoms with Crippen LogP contribution in [0.2, 0.25) is 0 Å². The molecule has 0 amide bonds. The third kappa shape index (κ3) is 0.937. The van der Waals surface area contributed by atoms with Crippen LogP contribution in [0, 0.1) is 11.6 Å². The van der Waals surface area contributed by atoms with E-state index < -0.39 is 23.2 Å². The van der Waals surface area contributed by atoms with Gasteiger partial charge >= 0.3 is 0 Å². The molecule has 14 heavy (non-hydrogen) atoms. The number of carbonyl (C=O) groups is 2. The Morgan fingerprint density at radius 1 is 0.929 bits per heavy atom. The van der Waals surface area contributed by atoms with E-state index in [-0.39, 0.29) is 16.7 Å². The number of fused-ring (bicyclic) bond motifs is 1. The van der Waals surface area contributed by atoms with Gasteiger partial charge in [-0.1, -0.05) is 6.58 Å². The second-order valence-electron chi connectivity index (χ2n) is 2.95. The van der Waals surface area contributed by atoms with E-state index in [0.29, 0.717) is 0 Å². The summed E-state index contributed by atoms with van der Waals surface area (Å²) in [5, 5.41) is 0. The van der Waals surface area contributed by atoms with Crippen LogP contribution >= 0.6 is 0 Å². The average Bonchev–Trinajstić information content (AvgIpc) is 2.34. The fraction of sp³-hybridized carbons (Fsp3) is 0. The zero-order valence-electron chi connectivity index (χ0n) is 6.93. The van der Waals surface area contributed by atoms with Crippen molar-refractivity contribution in [2.45, 2.75) is 0 Å². The standard InChI is InChI=1S/C10H4F2O2/c1-4-9(13)5-2-7(11)8(12)3-6(5)10(4)14/h2-3H,1H2. The van der Waals surface area contributed by atoms with Gasteiger partial charge in [0.2, 0.25) is 0 Å². The maximum Gasteiger partial charge on any atom is 0.197 e. The van der Waals surface area contributed by atoms with Gasteiger partial charge in [-0.3, -0.25) is 9.59 Å². The molecule has 2 nitrogen and oxygen atoms in total. The summed E-state index contributed by atoms with van der Waals surface area (Å²) in [5.74, 6) is -3.55. The van der Waals surface area contributed by atoms with Gasteiger partial charge in [0.05, 0.1) is 5.57 Å².